The zero-order chi connectivity index (χ0) is 11.8. The van der Waals surface area contributed by atoms with Crippen LogP contribution in [0.1, 0.15) is 39.0 Å². The topological polar surface area (TPSA) is 32.3 Å². The van der Waals surface area contributed by atoms with Gasteiger partial charge in [0, 0.05) is 32.6 Å². The van der Waals surface area contributed by atoms with Crippen molar-refractivity contribution in [2.75, 3.05) is 19.6 Å². The first-order chi connectivity index (χ1) is 8.24. The third-order valence-electron chi connectivity index (χ3n) is 4.98. The van der Waals surface area contributed by atoms with Gasteiger partial charge in [0.05, 0.1) is 0 Å². The molecule has 3 fully saturated rings. The van der Waals surface area contributed by atoms with Crippen molar-refractivity contribution in [2.24, 2.45) is 17.8 Å². The number of hydrogen-bond acceptors (Lipinski definition) is 2. The summed E-state index contributed by atoms with van der Waals surface area (Å²) in [5, 5.41) is 3.05. The summed E-state index contributed by atoms with van der Waals surface area (Å²) in [5.74, 6) is 3.23. The van der Waals surface area contributed by atoms with Crippen LogP contribution in [0.15, 0.2) is 0 Å². The molecule has 1 heterocycles. The number of carbonyl (C=O) groups is 1. The minimum atomic E-state index is 0.122. The van der Waals surface area contributed by atoms with Crippen LogP contribution in [-0.2, 0) is 4.79 Å². The van der Waals surface area contributed by atoms with Crippen LogP contribution in [0.2, 0.25) is 0 Å². The summed E-state index contributed by atoms with van der Waals surface area (Å²) >= 11 is 0. The Morgan fingerprint density at radius 3 is 2.59 bits per heavy atom. The minimum absolute atomic E-state index is 0.122. The summed E-state index contributed by atoms with van der Waals surface area (Å²) in [6, 6.07) is 0.410. The third-order valence-corrected chi connectivity index (χ3v) is 4.98. The van der Waals surface area contributed by atoms with Crippen molar-refractivity contribution in [1.29, 1.82) is 0 Å². The Morgan fingerprint density at radius 1 is 1.24 bits per heavy atom. The highest BCUT2D eigenvalue weighted by Crippen LogP contribution is 2.55. The number of carbonyl (C=O) groups excluding carboxylic acids is 1. The molecule has 2 saturated carbocycles. The maximum absolute atomic E-state index is 11.0. The van der Waals surface area contributed by atoms with Gasteiger partial charge in [-0.3, -0.25) is 4.79 Å². The van der Waals surface area contributed by atoms with Gasteiger partial charge in [0.2, 0.25) is 5.91 Å². The van der Waals surface area contributed by atoms with Crippen molar-refractivity contribution in [2.45, 2.75) is 45.1 Å². The van der Waals surface area contributed by atoms with Gasteiger partial charge in [-0.1, -0.05) is 12.8 Å². The van der Waals surface area contributed by atoms with Gasteiger partial charge in [-0.05, 0) is 37.0 Å². The number of nitrogens with zero attached hydrogens (tertiary/aromatic N) is 1. The van der Waals surface area contributed by atoms with E-state index in [4.69, 9.17) is 0 Å². The summed E-state index contributed by atoms with van der Waals surface area (Å²) < 4.78 is 0. The highest BCUT2D eigenvalue weighted by molar-refractivity contribution is 5.73. The minimum Gasteiger partial charge on any atom is -0.352 e. The molecule has 3 unspecified atom stereocenters. The van der Waals surface area contributed by atoms with Crippen LogP contribution in [0.25, 0.3) is 0 Å². The van der Waals surface area contributed by atoms with Crippen LogP contribution >= 0.6 is 0 Å². The van der Waals surface area contributed by atoms with E-state index in [9.17, 15) is 4.79 Å². The fourth-order valence-electron chi connectivity index (χ4n) is 4.11. The summed E-state index contributed by atoms with van der Waals surface area (Å²) in [7, 11) is 0. The molecule has 0 aromatic heterocycles. The molecule has 1 aliphatic heterocycles. The molecule has 2 aliphatic carbocycles. The molecular formula is C14H24N2O. The lowest BCUT2D eigenvalue weighted by Gasteiger charge is -2.16. The Kier molecular flexibility index (Phi) is 3.12. The molecule has 0 radical (unpaired) electrons. The Morgan fingerprint density at radius 2 is 1.94 bits per heavy atom. The molecule has 3 atom stereocenters. The lowest BCUT2D eigenvalue weighted by molar-refractivity contribution is -0.119. The summed E-state index contributed by atoms with van der Waals surface area (Å²) in [5.41, 5.74) is 0. The predicted octanol–water partition coefficient (Wildman–Crippen LogP) is 1.63. The number of rotatable bonds is 3. The average molecular weight is 236 g/mol. The van der Waals surface area contributed by atoms with Gasteiger partial charge < -0.3 is 10.2 Å². The maximum Gasteiger partial charge on any atom is 0.217 e. The zero-order valence-corrected chi connectivity index (χ0v) is 10.8. The monoisotopic (exact) mass is 236 g/mol. The van der Waals surface area contributed by atoms with Gasteiger partial charge in [0.15, 0.2) is 0 Å². The van der Waals surface area contributed by atoms with Gasteiger partial charge in [-0.25, -0.2) is 0 Å². The zero-order valence-electron chi connectivity index (χ0n) is 10.8. The number of hydrogen-bond donors (Lipinski definition) is 1. The van der Waals surface area contributed by atoms with Crippen LogP contribution in [0.3, 0.4) is 0 Å². The van der Waals surface area contributed by atoms with Crippen molar-refractivity contribution in [1.82, 2.24) is 10.2 Å². The molecule has 0 aromatic carbocycles. The van der Waals surface area contributed by atoms with E-state index in [1.54, 1.807) is 6.92 Å². The number of amides is 1. The first kappa shape index (κ1) is 11.5. The van der Waals surface area contributed by atoms with Crippen molar-refractivity contribution in [3.63, 3.8) is 0 Å². The Balaban J connectivity index is 1.43. The normalized spacial score (nSPS) is 41.0. The Hall–Kier alpha value is -0.570. The Labute approximate surface area is 104 Å². The molecular weight excluding hydrogens is 212 g/mol. The van der Waals surface area contributed by atoms with E-state index in [0.29, 0.717) is 6.04 Å². The molecule has 3 aliphatic rings. The standard InChI is InChI=1S/C14H24N2O/c1-10(17)15-11-6-7-16(8-11)9-14-12-4-2-3-5-13(12)14/h11-14H,2-9H2,1H3,(H,15,17). The van der Waals surface area contributed by atoms with Crippen molar-refractivity contribution in [3.8, 4) is 0 Å². The SMILES string of the molecule is CC(=O)NC1CCN(CC2C3CCCCC32)C1. The number of likely N-dealkylation sites (tertiary alicyclic amines) is 1. The maximum atomic E-state index is 11.0. The van der Waals surface area contributed by atoms with Gasteiger partial charge in [0.1, 0.15) is 0 Å². The molecule has 3 rings (SSSR count). The molecule has 96 valence electrons. The smallest absolute Gasteiger partial charge is 0.217 e. The molecule has 0 bridgehead atoms. The second-order valence-electron chi connectivity index (χ2n) is 6.22. The second kappa shape index (κ2) is 4.60. The van der Waals surface area contributed by atoms with Crippen molar-refractivity contribution in [3.05, 3.63) is 0 Å². The van der Waals surface area contributed by atoms with Gasteiger partial charge in [0.25, 0.3) is 0 Å². The van der Waals surface area contributed by atoms with Crippen LogP contribution in [0.5, 0.6) is 0 Å². The van der Waals surface area contributed by atoms with Gasteiger partial charge in [-0.15, -0.1) is 0 Å². The lowest BCUT2D eigenvalue weighted by atomic mass is 10.0. The molecule has 1 amide bonds. The lowest BCUT2D eigenvalue weighted by Crippen LogP contribution is -2.36. The van der Waals surface area contributed by atoms with Crippen LogP contribution < -0.4 is 5.32 Å². The van der Waals surface area contributed by atoms with Gasteiger partial charge in [-0.2, -0.15) is 0 Å². The van der Waals surface area contributed by atoms with E-state index in [1.807, 2.05) is 0 Å². The van der Waals surface area contributed by atoms with E-state index >= 15 is 0 Å². The summed E-state index contributed by atoms with van der Waals surface area (Å²) in [6.45, 7) is 5.18. The second-order valence-corrected chi connectivity index (χ2v) is 6.22. The average Bonchev–Trinajstić information content (AvgIpc) is 2.79. The number of nitrogens with one attached hydrogen (secondary N) is 1. The fourth-order valence-corrected chi connectivity index (χ4v) is 4.11. The molecule has 3 nitrogen and oxygen atoms in total. The fraction of sp³-hybridized carbons (Fsp3) is 0.929. The van der Waals surface area contributed by atoms with E-state index in [2.05, 4.69) is 10.2 Å². The molecule has 17 heavy (non-hydrogen) atoms. The molecule has 3 heteroatoms. The first-order valence-electron chi connectivity index (χ1n) is 7.23. The van der Waals surface area contributed by atoms with E-state index in [-0.39, 0.29) is 5.91 Å². The molecule has 1 saturated heterocycles. The quantitative estimate of drug-likeness (QED) is 0.808. The molecule has 0 spiro atoms. The van der Waals surface area contributed by atoms with Crippen LogP contribution in [-0.4, -0.2) is 36.5 Å². The molecule has 1 N–H and O–H groups in total. The third kappa shape index (κ3) is 2.49. The highest BCUT2D eigenvalue weighted by Gasteiger charge is 2.50. The van der Waals surface area contributed by atoms with Crippen LogP contribution in [0, 0.1) is 17.8 Å². The van der Waals surface area contributed by atoms with E-state index in [1.165, 1.54) is 38.8 Å². The first-order valence-corrected chi connectivity index (χ1v) is 7.23. The summed E-state index contributed by atoms with van der Waals surface area (Å²) in [4.78, 5) is 13.6. The van der Waals surface area contributed by atoms with E-state index in [0.717, 1.165) is 30.7 Å². The highest BCUT2D eigenvalue weighted by atomic mass is 16.1. The predicted molar refractivity (Wildman–Crippen MR) is 67.6 cm³/mol. The van der Waals surface area contributed by atoms with Gasteiger partial charge >= 0.3 is 0 Å². The van der Waals surface area contributed by atoms with Crippen molar-refractivity contribution >= 4 is 5.91 Å². The van der Waals surface area contributed by atoms with E-state index < -0.39 is 0 Å². The number of fused-ring (bicyclic) bond motifs is 1. The largest absolute Gasteiger partial charge is 0.352 e. The summed E-state index contributed by atoms with van der Waals surface area (Å²) in [6.07, 6.45) is 7.04. The van der Waals surface area contributed by atoms with Crippen molar-refractivity contribution < 1.29 is 4.79 Å². The Bertz CT molecular complexity index is 293. The van der Waals surface area contributed by atoms with Crippen LogP contribution in [0.4, 0.5) is 0 Å². The molecule has 0 aromatic rings.